The minimum atomic E-state index is -1.33. The number of halogens is 2. The fraction of sp³-hybridized carbons (Fsp3) is 0.318. The van der Waals surface area contributed by atoms with Crippen LogP contribution in [0.25, 0.3) is 0 Å². The van der Waals surface area contributed by atoms with E-state index < -0.39 is 23.4 Å². The first-order valence-electron chi connectivity index (χ1n) is 9.57. The van der Waals surface area contributed by atoms with Crippen molar-refractivity contribution in [2.24, 2.45) is 5.92 Å². The van der Waals surface area contributed by atoms with Crippen molar-refractivity contribution in [3.63, 3.8) is 0 Å². The van der Waals surface area contributed by atoms with Crippen molar-refractivity contribution < 1.29 is 14.4 Å². The Morgan fingerprint density at radius 2 is 1.77 bits per heavy atom. The summed E-state index contributed by atoms with van der Waals surface area (Å²) in [6.45, 7) is 5.18. The molecule has 0 bridgehead atoms. The van der Waals surface area contributed by atoms with Gasteiger partial charge in [-0.1, -0.05) is 73.4 Å². The second-order valence-electron chi connectivity index (χ2n) is 7.78. The average Bonchev–Trinajstić information content (AvgIpc) is 2.92. The molecular formula is C22H23Cl2N3O3. The van der Waals surface area contributed by atoms with Gasteiger partial charge in [0.1, 0.15) is 12.1 Å². The molecule has 0 aromatic heterocycles. The second kappa shape index (κ2) is 8.66. The number of carbonyl (C=O) groups excluding carboxylic acids is 3. The van der Waals surface area contributed by atoms with Crippen molar-refractivity contribution >= 4 is 41.0 Å². The van der Waals surface area contributed by atoms with Gasteiger partial charge in [-0.15, -0.1) is 0 Å². The van der Waals surface area contributed by atoms with Gasteiger partial charge in [-0.2, -0.15) is 0 Å². The molecule has 2 atom stereocenters. The maximum atomic E-state index is 13.0. The van der Waals surface area contributed by atoms with E-state index in [1.807, 2.05) is 44.2 Å². The van der Waals surface area contributed by atoms with Crippen molar-refractivity contribution in [2.75, 3.05) is 6.54 Å². The van der Waals surface area contributed by atoms with Crippen LogP contribution in [-0.2, 0) is 15.1 Å². The number of rotatable bonds is 6. The van der Waals surface area contributed by atoms with E-state index in [-0.39, 0.29) is 23.5 Å². The summed E-state index contributed by atoms with van der Waals surface area (Å²) in [5.41, 5.74) is 0.115. The molecule has 0 saturated carbocycles. The summed E-state index contributed by atoms with van der Waals surface area (Å²) in [6, 6.07) is 13.4. The molecule has 30 heavy (non-hydrogen) atoms. The molecule has 1 saturated heterocycles. The average molecular weight is 448 g/mol. The van der Waals surface area contributed by atoms with E-state index in [0.29, 0.717) is 10.6 Å². The van der Waals surface area contributed by atoms with Gasteiger partial charge in [-0.3, -0.25) is 14.5 Å². The maximum absolute atomic E-state index is 13.0. The second-order valence-corrected chi connectivity index (χ2v) is 8.59. The molecule has 1 heterocycles. The molecule has 1 aliphatic rings. The van der Waals surface area contributed by atoms with Gasteiger partial charge in [-0.25, -0.2) is 4.79 Å². The molecular weight excluding hydrogens is 425 g/mol. The Balaban J connectivity index is 1.76. The Labute approximate surface area is 185 Å². The lowest BCUT2D eigenvalue weighted by atomic mass is 9.92. The molecule has 2 aromatic carbocycles. The largest absolute Gasteiger partial charge is 0.347 e. The molecule has 0 spiro atoms. The zero-order chi connectivity index (χ0) is 22.1. The number of urea groups is 1. The third-order valence-electron chi connectivity index (χ3n) is 5.22. The quantitative estimate of drug-likeness (QED) is 0.648. The third kappa shape index (κ3) is 4.30. The van der Waals surface area contributed by atoms with E-state index in [1.165, 1.54) is 6.07 Å². The number of nitrogens with zero attached hydrogens (tertiary/aromatic N) is 1. The number of hydrogen-bond acceptors (Lipinski definition) is 3. The molecule has 3 rings (SSSR count). The fourth-order valence-corrected chi connectivity index (χ4v) is 3.80. The number of amides is 4. The van der Waals surface area contributed by atoms with Gasteiger partial charge in [0.25, 0.3) is 5.91 Å². The number of carbonyl (C=O) groups is 3. The van der Waals surface area contributed by atoms with E-state index in [9.17, 15) is 14.4 Å². The Kier molecular flexibility index (Phi) is 6.38. The van der Waals surface area contributed by atoms with Crippen LogP contribution < -0.4 is 10.6 Å². The number of hydrogen-bond donors (Lipinski definition) is 2. The Hall–Kier alpha value is -2.57. The predicted octanol–water partition coefficient (Wildman–Crippen LogP) is 4.27. The van der Waals surface area contributed by atoms with E-state index in [1.54, 1.807) is 19.1 Å². The first-order valence-corrected chi connectivity index (χ1v) is 10.3. The molecule has 8 heteroatoms. The zero-order valence-corrected chi connectivity index (χ0v) is 18.4. The Bertz CT molecular complexity index is 981. The minimum Gasteiger partial charge on any atom is -0.347 e. The molecule has 6 nitrogen and oxygen atoms in total. The lowest BCUT2D eigenvalue weighted by Crippen LogP contribution is -2.44. The van der Waals surface area contributed by atoms with Crippen molar-refractivity contribution in [3.8, 4) is 0 Å². The van der Waals surface area contributed by atoms with E-state index in [2.05, 4.69) is 10.6 Å². The fourth-order valence-electron chi connectivity index (χ4n) is 3.50. The standard InChI is InChI=1S/C22H23Cl2N3O3/c1-13(2)19(14-7-5-4-6-8-14)25-18(28)12-27-20(29)22(3,26-21(27)30)15-9-10-16(23)17(24)11-15/h4-11,13,19H,12H2,1-3H3,(H,25,28)(H,26,30)/t19-,22-/m1/s1. The first kappa shape index (κ1) is 22.1. The van der Waals surface area contributed by atoms with Crippen LogP contribution in [-0.4, -0.2) is 29.3 Å². The summed E-state index contributed by atoms with van der Waals surface area (Å²) in [7, 11) is 0. The van der Waals surface area contributed by atoms with Gasteiger partial charge in [0.15, 0.2) is 0 Å². The van der Waals surface area contributed by atoms with Gasteiger partial charge >= 0.3 is 6.03 Å². The van der Waals surface area contributed by atoms with Crippen LogP contribution in [0.15, 0.2) is 48.5 Å². The number of nitrogens with one attached hydrogen (secondary N) is 2. The molecule has 2 aromatic rings. The topological polar surface area (TPSA) is 78.5 Å². The van der Waals surface area contributed by atoms with E-state index in [0.717, 1.165) is 10.5 Å². The smallest absolute Gasteiger partial charge is 0.325 e. The summed E-state index contributed by atoms with van der Waals surface area (Å²) < 4.78 is 0. The van der Waals surface area contributed by atoms with Crippen LogP contribution in [0.1, 0.15) is 37.9 Å². The predicted molar refractivity (Wildman–Crippen MR) is 116 cm³/mol. The molecule has 4 amide bonds. The maximum Gasteiger partial charge on any atom is 0.325 e. The molecule has 0 radical (unpaired) electrons. The number of benzene rings is 2. The molecule has 1 aliphatic heterocycles. The summed E-state index contributed by atoms with van der Waals surface area (Å²) in [4.78, 5) is 39.2. The summed E-state index contributed by atoms with van der Waals surface area (Å²) in [5, 5.41) is 6.21. The van der Waals surface area contributed by atoms with E-state index >= 15 is 0 Å². The highest BCUT2D eigenvalue weighted by atomic mass is 35.5. The van der Waals surface area contributed by atoms with Crippen LogP contribution in [0, 0.1) is 5.92 Å². The third-order valence-corrected chi connectivity index (χ3v) is 5.95. The van der Waals surface area contributed by atoms with Crippen LogP contribution in [0.5, 0.6) is 0 Å². The number of imide groups is 1. The highest BCUT2D eigenvalue weighted by molar-refractivity contribution is 6.42. The Morgan fingerprint density at radius 1 is 1.10 bits per heavy atom. The van der Waals surface area contributed by atoms with Crippen LogP contribution in [0.4, 0.5) is 4.79 Å². The first-order chi connectivity index (χ1) is 14.1. The molecule has 158 valence electrons. The molecule has 1 fully saturated rings. The van der Waals surface area contributed by atoms with Crippen molar-refractivity contribution in [1.82, 2.24) is 15.5 Å². The highest BCUT2D eigenvalue weighted by Crippen LogP contribution is 2.33. The van der Waals surface area contributed by atoms with Crippen molar-refractivity contribution in [2.45, 2.75) is 32.4 Å². The molecule has 0 aliphatic carbocycles. The van der Waals surface area contributed by atoms with Crippen molar-refractivity contribution in [1.29, 1.82) is 0 Å². The monoisotopic (exact) mass is 447 g/mol. The van der Waals surface area contributed by atoms with Gasteiger partial charge < -0.3 is 10.6 Å². The minimum absolute atomic E-state index is 0.126. The highest BCUT2D eigenvalue weighted by Gasteiger charge is 2.49. The Morgan fingerprint density at radius 3 is 2.37 bits per heavy atom. The molecule has 0 unspecified atom stereocenters. The SMILES string of the molecule is CC(C)[C@@H](NC(=O)CN1C(=O)N[C@](C)(c2ccc(Cl)c(Cl)c2)C1=O)c1ccccc1. The van der Waals surface area contributed by atoms with Crippen LogP contribution in [0.2, 0.25) is 10.0 Å². The van der Waals surface area contributed by atoms with Gasteiger partial charge in [-0.05, 0) is 36.1 Å². The summed E-state index contributed by atoms with van der Waals surface area (Å²) in [5.74, 6) is -0.817. The van der Waals surface area contributed by atoms with Crippen molar-refractivity contribution in [3.05, 3.63) is 69.7 Å². The summed E-state index contributed by atoms with van der Waals surface area (Å²) >= 11 is 12.0. The lowest BCUT2D eigenvalue weighted by molar-refractivity contribution is -0.135. The summed E-state index contributed by atoms with van der Waals surface area (Å²) in [6.07, 6.45) is 0. The van der Waals surface area contributed by atoms with Gasteiger partial charge in [0, 0.05) is 0 Å². The normalized spacial score (nSPS) is 19.7. The van der Waals surface area contributed by atoms with Gasteiger partial charge in [0.05, 0.1) is 16.1 Å². The zero-order valence-electron chi connectivity index (χ0n) is 16.9. The van der Waals surface area contributed by atoms with Crippen LogP contribution in [0.3, 0.4) is 0 Å². The van der Waals surface area contributed by atoms with Crippen LogP contribution >= 0.6 is 23.2 Å². The lowest BCUT2D eigenvalue weighted by Gasteiger charge is -2.25. The van der Waals surface area contributed by atoms with E-state index in [4.69, 9.17) is 23.2 Å². The van der Waals surface area contributed by atoms with Gasteiger partial charge in [0.2, 0.25) is 5.91 Å². The molecule has 2 N–H and O–H groups in total.